The molecule has 0 aromatic carbocycles. The van der Waals surface area contributed by atoms with Crippen LogP contribution in [0.15, 0.2) is 0 Å². The zero-order valence-corrected chi connectivity index (χ0v) is 12.9. The van der Waals surface area contributed by atoms with E-state index < -0.39 is 0 Å². The SMILES string of the molecule is CCC(CN)(COC)N1CCC2(CCCCC2)CC1. The van der Waals surface area contributed by atoms with E-state index in [1.165, 1.54) is 58.0 Å². The quantitative estimate of drug-likeness (QED) is 0.833. The van der Waals surface area contributed by atoms with E-state index in [2.05, 4.69) is 11.8 Å². The number of ether oxygens (including phenoxy) is 1. The minimum absolute atomic E-state index is 0.0744. The molecular weight excluding hydrogens is 236 g/mol. The molecular formula is C16H32N2O. The van der Waals surface area contributed by atoms with Gasteiger partial charge in [-0.25, -0.2) is 0 Å². The maximum Gasteiger partial charge on any atom is 0.0658 e. The number of nitrogens with two attached hydrogens (primary N) is 1. The average molecular weight is 268 g/mol. The molecule has 0 bridgehead atoms. The van der Waals surface area contributed by atoms with Gasteiger partial charge < -0.3 is 10.5 Å². The van der Waals surface area contributed by atoms with Gasteiger partial charge in [0.15, 0.2) is 0 Å². The topological polar surface area (TPSA) is 38.5 Å². The lowest BCUT2D eigenvalue weighted by Crippen LogP contribution is -2.59. The van der Waals surface area contributed by atoms with E-state index in [0.29, 0.717) is 12.0 Å². The highest BCUT2D eigenvalue weighted by Crippen LogP contribution is 2.45. The summed E-state index contributed by atoms with van der Waals surface area (Å²) < 4.78 is 5.46. The summed E-state index contributed by atoms with van der Waals surface area (Å²) in [6, 6.07) is 0. The highest BCUT2D eigenvalue weighted by atomic mass is 16.5. The number of rotatable bonds is 5. The van der Waals surface area contributed by atoms with Crippen molar-refractivity contribution in [3.05, 3.63) is 0 Å². The van der Waals surface area contributed by atoms with E-state index in [0.717, 1.165) is 13.0 Å². The van der Waals surface area contributed by atoms with Gasteiger partial charge in [0.1, 0.15) is 0 Å². The van der Waals surface area contributed by atoms with Gasteiger partial charge >= 0.3 is 0 Å². The van der Waals surface area contributed by atoms with Crippen LogP contribution in [0.4, 0.5) is 0 Å². The molecule has 2 N–H and O–H groups in total. The molecule has 1 aliphatic carbocycles. The summed E-state index contributed by atoms with van der Waals surface area (Å²) in [5.41, 5.74) is 6.83. The molecule has 2 aliphatic rings. The molecule has 0 aromatic heterocycles. The van der Waals surface area contributed by atoms with Crippen molar-refractivity contribution in [2.75, 3.05) is 33.4 Å². The van der Waals surface area contributed by atoms with E-state index in [-0.39, 0.29) is 5.54 Å². The number of hydrogen-bond acceptors (Lipinski definition) is 3. The highest BCUT2D eigenvalue weighted by molar-refractivity contribution is 4.96. The summed E-state index contributed by atoms with van der Waals surface area (Å²) in [5.74, 6) is 0. The van der Waals surface area contributed by atoms with Crippen LogP contribution in [0.3, 0.4) is 0 Å². The van der Waals surface area contributed by atoms with Gasteiger partial charge in [0.2, 0.25) is 0 Å². The van der Waals surface area contributed by atoms with Crippen LogP contribution < -0.4 is 5.73 Å². The van der Waals surface area contributed by atoms with E-state index in [9.17, 15) is 0 Å². The Balaban J connectivity index is 1.97. The molecule has 1 saturated carbocycles. The van der Waals surface area contributed by atoms with E-state index in [1.54, 1.807) is 7.11 Å². The molecule has 1 atom stereocenters. The molecule has 19 heavy (non-hydrogen) atoms. The van der Waals surface area contributed by atoms with E-state index in [4.69, 9.17) is 10.5 Å². The maximum absolute atomic E-state index is 6.08. The third-order valence-corrected chi connectivity index (χ3v) is 5.86. The molecule has 1 unspecified atom stereocenters. The average Bonchev–Trinajstić information content (AvgIpc) is 2.47. The minimum atomic E-state index is 0.0744. The normalized spacial score (nSPS) is 27.3. The Labute approximate surface area is 118 Å². The number of hydrogen-bond donors (Lipinski definition) is 1. The molecule has 0 aromatic rings. The number of nitrogens with zero attached hydrogens (tertiary/aromatic N) is 1. The number of methoxy groups -OCH3 is 1. The van der Waals surface area contributed by atoms with Crippen molar-refractivity contribution in [3.8, 4) is 0 Å². The van der Waals surface area contributed by atoms with Crippen LogP contribution in [0.25, 0.3) is 0 Å². The summed E-state index contributed by atoms with van der Waals surface area (Å²) in [4.78, 5) is 2.62. The molecule has 3 nitrogen and oxygen atoms in total. The van der Waals surface area contributed by atoms with Crippen molar-refractivity contribution in [1.82, 2.24) is 4.90 Å². The maximum atomic E-state index is 6.08. The molecule has 112 valence electrons. The lowest BCUT2D eigenvalue weighted by Gasteiger charge is -2.50. The van der Waals surface area contributed by atoms with Gasteiger partial charge in [-0.2, -0.15) is 0 Å². The summed E-state index contributed by atoms with van der Waals surface area (Å²) in [6.07, 6.45) is 11.1. The standard InChI is InChI=1S/C16H32N2O/c1-3-16(13-17,14-19-2)18-11-9-15(10-12-18)7-5-4-6-8-15/h3-14,17H2,1-2H3. The number of likely N-dealkylation sites (tertiary alicyclic amines) is 1. The first-order valence-corrected chi connectivity index (χ1v) is 8.14. The largest absolute Gasteiger partial charge is 0.383 e. The third-order valence-electron chi connectivity index (χ3n) is 5.86. The van der Waals surface area contributed by atoms with Crippen LogP contribution in [-0.4, -0.2) is 43.8 Å². The predicted octanol–water partition coefficient (Wildman–Crippen LogP) is 2.79. The van der Waals surface area contributed by atoms with Crippen LogP contribution in [-0.2, 0) is 4.74 Å². The van der Waals surface area contributed by atoms with Crippen LogP contribution in [0.1, 0.15) is 58.3 Å². The molecule has 2 rings (SSSR count). The molecule has 0 amide bonds. The highest BCUT2D eigenvalue weighted by Gasteiger charge is 2.41. The zero-order valence-electron chi connectivity index (χ0n) is 12.9. The first-order chi connectivity index (χ1) is 9.20. The van der Waals surface area contributed by atoms with Crippen molar-refractivity contribution >= 4 is 0 Å². The second-order valence-electron chi connectivity index (χ2n) is 6.76. The summed E-state index contributed by atoms with van der Waals surface area (Å²) in [5, 5.41) is 0. The Morgan fingerprint density at radius 1 is 1.11 bits per heavy atom. The predicted molar refractivity (Wildman–Crippen MR) is 80.3 cm³/mol. The van der Waals surface area contributed by atoms with Crippen molar-refractivity contribution in [3.63, 3.8) is 0 Å². The first-order valence-electron chi connectivity index (χ1n) is 8.14. The lowest BCUT2D eigenvalue weighted by atomic mass is 9.67. The Kier molecular flexibility index (Phi) is 5.27. The minimum Gasteiger partial charge on any atom is -0.383 e. The molecule has 1 spiro atoms. The molecule has 1 saturated heterocycles. The van der Waals surface area contributed by atoms with E-state index in [1.807, 2.05) is 0 Å². The first kappa shape index (κ1) is 15.3. The fourth-order valence-electron chi connectivity index (χ4n) is 4.28. The Morgan fingerprint density at radius 3 is 2.21 bits per heavy atom. The van der Waals surface area contributed by atoms with Gasteiger partial charge in [0.25, 0.3) is 0 Å². The Hall–Kier alpha value is -0.120. The lowest BCUT2D eigenvalue weighted by molar-refractivity contribution is -0.0338. The van der Waals surface area contributed by atoms with Crippen LogP contribution >= 0.6 is 0 Å². The van der Waals surface area contributed by atoms with Gasteiger partial charge in [-0.3, -0.25) is 4.90 Å². The second-order valence-corrected chi connectivity index (χ2v) is 6.76. The van der Waals surface area contributed by atoms with Crippen LogP contribution in [0.5, 0.6) is 0 Å². The van der Waals surface area contributed by atoms with Gasteiger partial charge in [0, 0.05) is 13.7 Å². The van der Waals surface area contributed by atoms with E-state index >= 15 is 0 Å². The van der Waals surface area contributed by atoms with Crippen molar-refractivity contribution < 1.29 is 4.74 Å². The monoisotopic (exact) mass is 268 g/mol. The molecule has 1 heterocycles. The third kappa shape index (κ3) is 3.14. The van der Waals surface area contributed by atoms with Crippen molar-refractivity contribution in [1.29, 1.82) is 0 Å². The van der Waals surface area contributed by atoms with Crippen LogP contribution in [0.2, 0.25) is 0 Å². The summed E-state index contributed by atoms with van der Waals surface area (Å²) >= 11 is 0. The molecule has 0 radical (unpaired) electrons. The van der Waals surface area contributed by atoms with Gasteiger partial charge in [0.05, 0.1) is 12.1 Å². The molecule has 2 fully saturated rings. The smallest absolute Gasteiger partial charge is 0.0658 e. The fraction of sp³-hybridized carbons (Fsp3) is 1.00. The van der Waals surface area contributed by atoms with Gasteiger partial charge in [-0.1, -0.05) is 26.2 Å². The Morgan fingerprint density at radius 2 is 1.74 bits per heavy atom. The summed E-state index contributed by atoms with van der Waals surface area (Å²) in [6.45, 7) is 6.16. The number of piperidine rings is 1. The van der Waals surface area contributed by atoms with Crippen molar-refractivity contribution in [2.24, 2.45) is 11.1 Å². The molecule has 1 aliphatic heterocycles. The molecule has 3 heteroatoms. The zero-order chi connectivity index (χ0) is 13.8. The van der Waals surface area contributed by atoms with Gasteiger partial charge in [-0.05, 0) is 50.6 Å². The van der Waals surface area contributed by atoms with Gasteiger partial charge in [-0.15, -0.1) is 0 Å². The van der Waals surface area contributed by atoms with Crippen molar-refractivity contribution in [2.45, 2.75) is 63.8 Å². The second kappa shape index (κ2) is 6.55. The summed E-state index contributed by atoms with van der Waals surface area (Å²) in [7, 11) is 1.80. The van der Waals surface area contributed by atoms with Crippen LogP contribution in [0, 0.1) is 5.41 Å². The fourth-order valence-corrected chi connectivity index (χ4v) is 4.28. The Bertz CT molecular complexity index is 260.